The molecule has 2 aromatic rings. The van der Waals surface area contributed by atoms with Gasteiger partial charge in [-0.15, -0.1) is 0 Å². The molecule has 0 saturated carbocycles. The summed E-state index contributed by atoms with van der Waals surface area (Å²) >= 11 is 1.88. The van der Waals surface area contributed by atoms with Crippen LogP contribution in [-0.2, 0) is 13.0 Å². The van der Waals surface area contributed by atoms with Gasteiger partial charge in [0.15, 0.2) is 0 Å². The minimum Gasteiger partial charge on any atom is -0.461 e. The van der Waals surface area contributed by atoms with Crippen molar-refractivity contribution >= 4 is 22.7 Å². The van der Waals surface area contributed by atoms with E-state index in [0.717, 1.165) is 30.1 Å². The van der Waals surface area contributed by atoms with E-state index in [9.17, 15) is 0 Å². The van der Waals surface area contributed by atoms with Gasteiger partial charge in [0, 0.05) is 35.7 Å². The first kappa shape index (κ1) is 15.5. The zero-order valence-corrected chi connectivity index (χ0v) is 13.6. The molecular weight excluding hydrogens is 266 g/mol. The van der Waals surface area contributed by atoms with Crippen molar-refractivity contribution in [3.63, 3.8) is 0 Å². The maximum absolute atomic E-state index is 6.05. The van der Waals surface area contributed by atoms with Crippen molar-refractivity contribution in [1.82, 2.24) is 5.32 Å². The highest BCUT2D eigenvalue weighted by Crippen LogP contribution is 2.27. The van der Waals surface area contributed by atoms with Gasteiger partial charge in [0.05, 0.1) is 0 Å². The Hall–Kier alpha value is -0.930. The summed E-state index contributed by atoms with van der Waals surface area (Å²) in [4.78, 5) is 0. The lowest BCUT2D eigenvalue weighted by Crippen LogP contribution is -2.27. The predicted molar refractivity (Wildman–Crippen MR) is 89.5 cm³/mol. The van der Waals surface area contributed by atoms with Crippen LogP contribution in [0.25, 0.3) is 11.0 Å². The van der Waals surface area contributed by atoms with Crippen LogP contribution in [0.15, 0.2) is 28.7 Å². The van der Waals surface area contributed by atoms with Crippen LogP contribution >= 0.6 is 11.8 Å². The second kappa shape index (κ2) is 7.75. The molecule has 3 heteroatoms. The number of aryl methyl sites for hydroxylation is 1. The van der Waals surface area contributed by atoms with Gasteiger partial charge in [0.1, 0.15) is 11.3 Å². The van der Waals surface area contributed by atoms with Gasteiger partial charge in [0.2, 0.25) is 0 Å². The van der Waals surface area contributed by atoms with E-state index in [1.807, 2.05) is 17.8 Å². The average molecular weight is 291 g/mol. The average Bonchev–Trinajstić information content (AvgIpc) is 2.81. The number of benzene rings is 1. The van der Waals surface area contributed by atoms with Gasteiger partial charge in [-0.2, -0.15) is 11.8 Å². The quantitative estimate of drug-likeness (QED) is 0.768. The molecule has 0 aliphatic carbocycles. The second-order valence-corrected chi connectivity index (χ2v) is 6.25. The van der Waals surface area contributed by atoms with E-state index in [4.69, 9.17) is 4.42 Å². The Balaban J connectivity index is 2.19. The lowest BCUT2D eigenvalue weighted by molar-refractivity contribution is 0.518. The minimum absolute atomic E-state index is 0.526. The van der Waals surface area contributed by atoms with E-state index in [1.165, 1.54) is 23.8 Å². The summed E-state index contributed by atoms with van der Waals surface area (Å²) in [6.07, 6.45) is 5.58. The number of fused-ring (bicyclic) bond motifs is 1. The summed E-state index contributed by atoms with van der Waals surface area (Å²) in [6, 6.07) is 8.90. The van der Waals surface area contributed by atoms with Gasteiger partial charge in [-0.3, -0.25) is 0 Å². The number of furan rings is 1. The Morgan fingerprint density at radius 1 is 1.30 bits per heavy atom. The summed E-state index contributed by atoms with van der Waals surface area (Å²) < 4.78 is 6.05. The van der Waals surface area contributed by atoms with Crippen LogP contribution in [0.4, 0.5) is 0 Å². The first-order chi connectivity index (χ1) is 9.76. The van der Waals surface area contributed by atoms with Crippen molar-refractivity contribution in [1.29, 1.82) is 0 Å². The van der Waals surface area contributed by atoms with Crippen LogP contribution < -0.4 is 5.32 Å². The fraction of sp³-hybridized carbons (Fsp3) is 0.529. The zero-order valence-electron chi connectivity index (χ0n) is 12.7. The van der Waals surface area contributed by atoms with Crippen LogP contribution in [0.3, 0.4) is 0 Å². The smallest absolute Gasteiger partial charge is 0.134 e. The molecular formula is C17H25NOS. The van der Waals surface area contributed by atoms with Crippen molar-refractivity contribution in [2.45, 2.75) is 45.7 Å². The van der Waals surface area contributed by atoms with E-state index < -0.39 is 0 Å². The molecule has 1 N–H and O–H groups in total. The number of para-hydroxylation sites is 1. The van der Waals surface area contributed by atoms with E-state index in [2.05, 4.69) is 43.6 Å². The monoisotopic (exact) mass is 291 g/mol. The van der Waals surface area contributed by atoms with Gasteiger partial charge >= 0.3 is 0 Å². The first-order valence-electron chi connectivity index (χ1n) is 7.47. The molecule has 0 spiro atoms. The van der Waals surface area contributed by atoms with Crippen LogP contribution in [-0.4, -0.2) is 18.1 Å². The topological polar surface area (TPSA) is 25.2 Å². The Bertz CT molecular complexity index is 535. The molecule has 0 amide bonds. The summed E-state index contributed by atoms with van der Waals surface area (Å²) in [5, 5.41) is 4.88. The second-order valence-electron chi connectivity index (χ2n) is 5.34. The van der Waals surface area contributed by atoms with Gasteiger partial charge in [-0.05, 0) is 25.7 Å². The zero-order chi connectivity index (χ0) is 14.4. The maximum atomic E-state index is 6.05. The van der Waals surface area contributed by atoms with Gasteiger partial charge in [-0.25, -0.2) is 0 Å². The van der Waals surface area contributed by atoms with Crippen LogP contribution in [0, 0.1) is 0 Å². The van der Waals surface area contributed by atoms with Crippen molar-refractivity contribution < 1.29 is 4.42 Å². The van der Waals surface area contributed by atoms with Crippen LogP contribution in [0.1, 0.15) is 38.0 Å². The lowest BCUT2D eigenvalue weighted by Gasteiger charge is -2.12. The standard InChI is InChI=1S/C17H25NOS/c1-4-5-9-17-15(11-18-13(2)12-20-3)14-8-6-7-10-16(14)19-17/h6-8,10,13,18H,4-5,9,11-12H2,1-3H3. The van der Waals surface area contributed by atoms with Crippen LogP contribution in [0.2, 0.25) is 0 Å². The van der Waals surface area contributed by atoms with E-state index >= 15 is 0 Å². The Labute approximate surface area is 126 Å². The molecule has 110 valence electrons. The van der Waals surface area contributed by atoms with Crippen LogP contribution in [0.5, 0.6) is 0 Å². The number of thioether (sulfide) groups is 1. The molecule has 1 unspecified atom stereocenters. The van der Waals surface area contributed by atoms with Crippen molar-refractivity contribution in [2.75, 3.05) is 12.0 Å². The molecule has 0 fully saturated rings. The maximum Gasteiger partial charge on any atom is 0.134 e. The van der Waals surface area contributed by atoms with E-state index in [-0.39, 0.29) is 0 Å². The number of hydrogen-bond acceptors (Lipinski definition) is 3. The predicted octanol–water partition coefficient (Wildman–Crippen LogP) is 4.62. The summed E-state index contributed by atoms with van der Waals surface area (Å²) in [6.45, 7) is 5.36. The number of rotatable bonds is 8. The van der Waals surface area contributed by atoms with E-state index in [1.54, 1.807) is 0 Å². The third kappa shape index (κ3) is 3.80. The van der Waals surface area contributed by atoms with E-state index in [0.29, 0.717) is 6.04 Å². The molecule has 1 atom stereocenters. The minimum atomic E-state index is 0.526. The number of unbranched alkanes of at least 4 members (excludes halogenated alkanes) is 1. The molecule has 1 aromatic heterocycles. The van der Waals surface area contributed by atoms with Gasteiger partial charge < -0.3 is 9.73 Å². The number of hydrogen-bond donors (Lipinski definition) is 1. The normalized spacial score (nSPS) is 12.9. The molecule has 0 aliphatic rings. The molecule has 0 bridgehead atoms. The first-order valence-corrected chi connectivity index (χ1v) is 8.87. The molecule has 2 nitrogen and oxygen atoms in total. The van der Waals surface area contributed by atoms with Crippen molar-refractivity contribution in [3.8, 4) is 0 Å². The fourth-order valence-corrected chi connectivity index (χ4v) is 3.09. The lowest BCUT2D eigenvalue weighted by atomic mass is 10.1. The molecule has 1 heterocycles. The highest BCUT2D eigenvalue weighted by molar-refractivity contribution is 7.98. The Morgan fingerprint density at radius 2 is 2.10 bits per heavy atom. The number of nitrogens with one attached hydrogen (secondary N) is 1. The molecule has 0 aliphatic heterocycles. The fourth-order valence-electron chi connectivity index (χ4n) is 2.47. The molecule has 0 saturated heterocycles. The Kier molecular flexibility index (Phi) is 5.99. The summed E-state index contributed by atoms with van der Waals surface area (Å²) in [5.74, 6) is 2.30. The van der Waals surface area contributed by atoms with Crippen molar-refractivity contribution in [3.05, 3.63) is 35.6 Å². The summed E-state index contributed by atoms with van der Waals surface area (Å²) in [7, 11) is 0. The summed E-state index contributed by atoms with van der Waals surface area (Å²) in [5.41, 5.74) is 2.37. The van der Waals surface area contributed by atoms with Crippen molar-refractivity contribution in [2.24, 2.45) is 0 Å². The third-order valence-electron chi connectivity index (χ3n) is 3.58. The largest absolute Gasteiger partial charge is 0.461 e. The molecule has 2 rings (SSSR count). The molecule has 0 radical (unpaired) electrons. The van der Waals surface area contributed by atoms with Gasteiger partial charge in [-0.1, -0.05) is 31.5 Å². The highest BCUT2D eigenvalue weighted by atomic mass is 32.2. The van der Waals surface area contributed by atoms with Gasteiger partial charge in [0.25, 0.3) is 0 Å². The molecule has 20 heavy (non-hydrogen) atoms. The SMILES string of the molecule is CCCCc1oc2ccccc2c1CNC(C)CSC. The Morgan fingerprint density at radius 3 is 2.85 bits per heavy atom. The molecule has 1 aromatic carbocycles. The highest BCUT2D eigenvalue weighted by Gasteiger charge is 2.14. The third-order valence-corrected chi connectivity index (χ3v) is 4.42.